The second-order valence-corrected chi connectivity index (χ2v) is 33.0. The van der Waals surface area contributed by atoms with Gasteiger partial charge in [-0.05, 0) is 244 Å². The Hall–Kier alpha value is -15.3. The molecule has 0 unspecified atom stereocenters. The minimum Gasteiger partial charge on any atom is -0.311 e. The van der Waals surface area contributed by atoms with Crippen LogP contribution >= 0.6 is 11.3 Å². The lowest BCUT2D eigenvalue weighted by molar-refractivity contribution is 1.18. The molecule has 0 atom stereocenters. The third-order valence-corrected chi connectivity index (χ3v) is 26.1. The van der Waals surface area contributed by atoms with E-state index in [0.717, 1.165) is 168 Å². The molecule has 2 aliphatic rings. The van der Waals surface area contributed by atoms with Crippen LogP contribution in [0.3, 0.4) is 0 Å². The fourth-order valence-corrected chi connectivity index (χ4v) is 20.5. The molecule has 24 rings (SSSR count). The highest BCUT2D eigenvalue weighted by atomic mass is 32.1. The van der Waals surface area contributed by atoms with Crippen molar-refractivity contribution in [2.75, 3.05) is 9.80 Å². The summed E-state index contributed by atoms with van der Waals surface area (Å²) < 4.78 is 7.66. The molecule has 0 fully saturated rings. The van der Waals surface area contributed by atoms with Crippen molar-refractivity contribution < 1.29 is 0 Å². The Bertz CT molecular complexity index is 7180. The minimum absolute atomic E-state index is 0.336. The minimum atomic E-state index is -0.336. The summed E-state index contributed by atoms with van der Waals surface area (Å²) in [5, 5.41) is 7.22. The Morgan fingerprint density at radius 3 is 0.792 bits per heavy atom. The summed E-state index contributed by atoms with van der Waals surface area (Å²) in [6.45, 7) is -0.336. The van der Waals surface area contributed by atoms with E-state index in [1.165, 1.54) is 58.1 Å². The first-order chi connectivity index (χ1) is 59.5. The van der Waals surface area contributed by atoms with Crippen LogP contribution in [0.5, 0.6) is 0 Å². The SMILES string of the molecule is c1ccc(-c2cc(-c3ccccc3)cc(N3c4cc5c(cc4B4c6cc7c8ccccc8n(-c8cc(-c9ccccc9)cc(-c9ccccc9)c8)c7cc6N(c6cc(-c7ccccc7)cc(-c7ccccc7)c6)c6cc(-c7ccc8sc9ccccc9c8c7)cc3c64)c3ccccc3n5-c3cc(-c4ccccc4)cc(-c4ccccc4)c3)c2)cc1. The van der Waals surface area contributed by atoms with E-state index in [-0.39, 0.29) is 6.71 Å². The highest BCUT2D eigenvalue weighted by Crippen LogP contribution is 2.53. The van der Waals surface area contributed by atoms with Crippen LogP contribution in [-0.4, -0.2) is 15.8 Å². The fourth-order valence-electron chi connectivity index (χ4n) is 19.4. The van der Waals surface area contributed by atoms with Gasteiger partial charge in [0, 0.05) is 87.2 Å². The fraction of sp³-hybridized carbons (Fsp3) is 0. The number of thiophene rings is 1. The Morgan fingerprint density at radius 2 is 0.450 bits per heavy atom. The average molecular weight is 1540 g/mol. The first-order valence-corrected chi connectivity index (χ1v) is 42.2. The van der Waals surface area contributed by atoms with Crippen molar-refractivity contribution >= 4 is 132 Å². The number of para-hydroxylation sites is 2. The molecule has 0 spiro atoms. The van der Waals surface area contributed by atoms with Gasteiger partial charge in [0.2, 0.25) is 0 Å². The predicted octanol–water partition coefficient (Wildman–Crippen LogP) is 29.3. The Balaban J connectivity index is 0.869. The molecule has 3 aromatic heterocycles. The molecule has 0 saturated heterocycles. The van der Waals surface area contributed by atoms with E-state index in [4.69, 9.17) is 0 Å². The van der Waals surface area contributed by atoms with Crippen LogP contribution in [0.25, 0.3) is 175 Å². The van der Waals surface area contributed by atoms with Gasteiger partial charge in [0.05, 0.1) is 22.1 Å². The maximum Gasteiger partial charge on any atom is 0.252 e. The van der Waals surface area contributed by atoms with Gasteiger partial charge in [-0.25, -0.2) is 0 Å². The van der Waals surface area contributed by atoms with Crippen molar-refractivity contribution in [1.82, 2.24) is 9.13 Å². The molecule has 0 bridgehead atoms. The molecule has 5 heterocycles. The van der Waals surface area contributed by atoms with Crippen molar-refractivity contribution in [2.45, 2.75) is 0 Å². The van der Waals surface area contributed by atoms with Crippen LogP contribution in [0, 0.1) is 0 Å². The summed E-state index contributed by atoms with van der Waals surface area (Å²) in [5.41, 5.74) is 37.3. The number of benzene rings is 19. The van der Waals surface area contributed by atoms with Gasteiger partial charge in [0.15, 0.2) is 0 Å². The van der Waals surface area contributed by atoms with Gasteiger partial charge in [-0.1, -0.05) is 315 Å². The van der Waals surface area contributed by atoms with E-state index in [1.807, 2.05) is 11.3 Å². The second kappa shape index (κ2) is 28.3. The van der Waals surface area contributed by atoms with E-state index in [9.17, 15) is 0 Å². The van der Waals surface area contributed by atoms with Crippen molar-refractivity contribution in [3.63, 3.8) is 0 Å². The molecule has 6 heteroatoms. The molecular weight excluding hydrogens is 1470 g/mol. The number of nitrogens with zero attached hydrogens (tertiary/aromatic N) is 4. The zero-order valence-corrected chi connectivity index (χ0v) is 66.2. The van der Waals surface area contributed by atoms with E-state index < -0.39 is 0 Å². The van der Waals surface area contributed by atoms with E-state index in [1.54, 1.807) is 0 Å². The lowest BCUT2D eigenvalue weighted by atomic mass is 9.33. The van der Waals surface area contributed by atoms with Crippen molar-refractivity contribution in [1.29, 1.82) is 0 Å². The summed E-state index contributed by atoms with van der Waals surface area (Å²) in [4.78, 5) is 5.35. The maximum atomic E-state index is 2.68. The number of rotatable bonds is 13. The van der Waals surface area contributed by atoms with E-state index in [0.29, 0.717) is 0 Å². The molecule has 0 radical (unpaired) electrons. The van der Waals surface area contributed by atoms with Gasteiger partial charge in [-0.15, -0.1) is 11.3 Å². The monoisotopic (exact) mass is 1540 g/mol. The van der Waals surface area contributed by atoms with E-state index >= 15 is 0 Å². The van der Waals surface area contributed by atoms with Gasteiger partial charge >= 0.3 is 0 Å². The highest BCUT2D eigenvalue weighted by molar-refractivity contribution is 7.25. The van der Waals surface area contributed by atoms with Crippen LogP contribution < -0.4 is 26.2 Å². The molecule has 2 aliphatic heterocycles. The molecule has 0 amide bonds. The summed E-state index contributed by atoms with van der Waals surface area (Å²) in [7, 11) is 0. The lowest BCUT2D eigenvalue weighted by Gasteiger charge is -2.45. The van der Waals surface area contributed by atoms with Crippen LogP contribution in [0.1, 0.15) is 0 Å². The van der Waals surface area contributed by atoms with Crippen LogP contribution in [-0.2, 0) is 0 Å². The summed E-state index contributed by atoms with van der Waals surface area (Å²) in [5.74, 6) is 0. The van der Waals surface area contributed by atoms with Crippen molar-refractivity contribution in [3.05, 3.63) is 443 Å². The lowest BCUT2D eigenvalue weighted by Crippen LogP contribution is -2.61. The molecule has 19 aromatic carbocycles. The Labute approximate surface area is 700 Å². The molecule has 0 aliphatic carbocycles. The predicted molar refractivity (Wildman–Crippen MR) is 511 cm³/mol. The standard InChI is InChI=1S/C114H73BN4S/c1-9-31-74(32-10-1)83-55-84(75-33-11-2-12-34-75)60-92(59-83)116-104-50-28-25-47-96(104)99-70-102-108(72-106(99)116)118(94-63-87(78-39-17-5-18-40-78)57-88(64-94)79-41-19-6-20-42-79)110-68-91(82-53-54-113-101(67-82)98-49-27-30-52-112(98)120-113)69-111-114(110)115(102)103-71-100-97-48-26-29-51-105(97)117(93-61-85(76-35-13-3-14-36-76)56-86(62-93)77-37-15-4-16-38-77)107(100)73-109(103)119(111)95-65-89(80-43-21-7-22-44-80)58-90(66-95)81-45-23-8-24-46-81/h1-73H. The second-order valence-electron chi connectivity index (χ2n) is 31.9. The van der Waals surface area contributed by atoms with Gasteiger partial charge < -0.3 is 18.9 Å². The Kier molecular flexibility index (Phi) is 16.2. The van der Waals surface area contributed by atoms with Crippen LogP contribution in [0.4, 0.5) is 34.1 Å². The number of aromatic nitrogens is 2. The molecule has 22 aromatic rings. The quantitative estimate of drug-likeness (QED) is 0.107. The molecule has 558 valence electrons. The molecule has 120 heavy (non-hydrogen) atoms. The molecule has 0 saturated carbocycles. The largest absolute Gasteiger partial charge is 0.311 e. The van der Waals surface area contributed by atoms with Gasteiger partial charge in [0.1, 0.15) is 0 Å². The molecule has 0 N–H and O–H groups in total. The van der Waals surface area contributed by atoms with Gasteiger partial charge in [-0.2, -0.15) is 0 Å². The highest BCUT2D eigenvalue weighted by Gasteiger charge is 2.45. The number of anilines is 6. The molecule has 4 nitrogen and oxygen atoms in total. The first-order valence-electron chi connectivity index (χ1n) is 41.4. The number of fused-ring (bicyclic) bond motifs is 13. The number of hydrogen-bond acceptors (Lipinski definition) is 3. The first kappa shape index (κ1) is 69.0. The Morgan fingerprint density at radius 1 is 0.167 bits per heavy atom. The third kappa shape index (κ3) is 11.6. The summed E-state index contributed by atoms with van der Waals surface area (Å²) in [6, 6.07) is 166. The number of hydrogen-bond donors (Lipinski definition) is 0. The zero-order valence-electron chi connectivity index (χ0n) is 65.4. The van der Waals surface area contributed by atoms with E-state index in [2.05, 4.69) is 462 Å². The summed E-state index contributed by atoms with van der Waals surface area (Å²) in [6.07, 6.45) is 0. The van der Waals surface area contributed by atoms with Crippen LogP contribution in [0.15, 0.2) is 443 Å². The normalized spacial score (nSPS) is 12.3. The zero-order chi connectivity index (χ0) is 78.9. The maximum absolute atomic E-state index is 2.68. The average Bonchev–Trinajstić information content (AvgIpc) is 1.63. The third-order valence-electron chi connectivity index (χ3n) is 24.9. The smallest absolute Gasteiger partial charge is 0.252 e. The van der Waals surface area contributed by atoms with Crippen molar-refractivity contribution in [2.24, 2.45) is 0 Å². The molecular formula is C114H73BN4S. The topological polar surface area (TPSA) is 16.3 Å². The van der Waals surface area contributed by atoms with Gasteiger partial charge in [-0.3, -0.25) is 0 Å². The summed E-state index contributed by atoms with van der Waals surface area (Å²) >= 11 is 1.86. The van der Waals surface area contributed by atoms with Crippen LogP contribution in [0.2, 0.25) is 0 Å². The van der Waals surface area contributed by atoms with Crippen molar-refractivity contribution in [3.8, 4) is 112 Å². The van der Waals surface area contributed by atoms with Gasteiger partial charge in [0.25, 0.3) is 6.71 Å².